The van der Waals surface area contributed by atoms with Gasteiger partial charge >= 0.3 is 0 Å². The highest BCUT2D eigenvalue weighted by Gasteiger charge is 2.30. The zero-order valence-electron chi connectivity index (χ0n) is 18.5. The molecule has 0 aliphatic carbocycles. The van der Waals surface area contributed by atoms with E-state index in [0.29, 0.717) is 16.5 Å². The first-order valence-corrected chi connectivity index (χ1v) is 12.0. The van der Waals surface area contributed by atoms with E-state index < -0.39 is 22.5 Å². The van der Waals surface area contributed by atoms with E-state index in [1.54, 1.807) is 30.3 Å². The number of nitrogens with one attached hydrogen (secondary N) is 1. The van der Waals surface area contributed by atoms with Crippen molar-refractivity contribution in [1.29, 1.82) is 0 Å². The molecule has 1 amide bonds. The molecule has 0 atom stereocenters. The van der Waals surface area contributed by atoms with Gasteiger partial charge in [-0.3, -0.25) is 9.10 Å². The fraction of sp³-hybridized carbons (Fsp3) is 0.174. The van der Waals surface area contributed by atoms with Crippen LogP contribution in [0.5, 0.6) is 17.2 Å². The number of ether oxygens (including phenoxy) is 3. The summed E-state index contributed by atoms with van der Waals surface area (Å²) in [5, 5.41) is 3.33. The van der Waals surface area contributed by atoms with Crippen molar-refractivity contribution < 1.29 is 27.4 Å². The Bertz CT molecular complexity index is 1300. The van der Waals surface area contributed by atoms with Gasteiger partial charge in [0.2, 0.25) is 5.91 Å². The second kappa shape index (κ2) is 10.9. The standard InChI is InChI=1S/C23H22Cl2N2O6S/c1-31-20-9-7-16(25)12-19(20)27(14-23(28)26-17-6-4-5-15(24)11-17)34(29,30)18-8-10-21(32-2)22(13-18)33-3/h4-13H,14H2,1-3H3,(H,26,28). The molecule has 11 heteroatoms. The number of halogens is 2. The van der Waals surface area contributed by atoms with Crippen LogP contribution in [0.1, 0.15) is 0 Å². The fourth-order valence-corrected chi connectivity index (χ4v) is 4.96. The van der Waals surface area contributed by atoms with Crippen LogP contribution < -0.4 is 23.8 Å². The van der Waals surface area contributed by atoms with Gasteiger partial charge in [-0.2, -0.15) is 0 Å². The minimum Gasteiger partial charge on any atom is -0.495 e. The summed E-state index contributed by atoms with van der Waals surface area (Å²) in [5.74, 6) is 0.175. The van der Waals surface area contributed by atoms with Crippen LogP contribution in [0.2, 0.25) is 10.0 Å². The molecule has 3 aromatic rings. The highest BCUT2D eigenvalue weighted by molar-refractivity contribution is 7.92. The largest absolute Gasteiger partial charge is 0.495 e. The first-order valence-electron chi connectivity index (χ1n) is 9.83. The molecule has 0 heterocycles. The lowest BCUT2D eigenvalue weighted by molar-refractivity contribution is -0.114. The average Bonchev–Trinajstić information content (AvgIpc) is 2.81. The number of methoxy groups -OCH3 is 3. The molecule has 0 saturated carbocycles. The summed E-state index contributed by atoms with van der Waals surface area (Å²) in [6.07, 6.45) is 0. The van der Waals surface area contributed by atoms with Gasteiger partial charge in [0.1, 0.15) is 12.3 Å². The highest BCUT2D eigenvalue weighted by atomic mass is 35.5. The molecule has 34 heavy (non-hydrogen) atoms. The Morgan fingerprint density at radius 3 is 2.15 bits per heavy atom. The number of carbonyl (C=O) groups is 1. The van der Waals surface area contributed by atoms with E-state index in [0.717, 1.165) is 4.31 Å². The number of sulfonamides is 1. The average molecular weight is 525 g/mol. The van der Waals surface area contributed by atoms with Crippen LogP contribution in [-0.4, -0.2) is 42.2 Å². The molecule has 0 aliphatic rings. The van der Waals surface area contributed by atoms with Crippen molar-refractivity contribution in [1.82, 2.24) is 0 Å². The number of nitrogens with zero attached hydrogens (tertiary/aromatic N) is 1. The van der Waals surface area contributed by atoms with Crippen molar-refractivity contribution in [2.45, 2.75) is 4.90 Å². The number of rotatable bonds is 9. The van der Waals surface area contributed by atoms with Gasteiger partial charge in [0.25, 0.3) is 10.0 Å². The number of anilines is 2. The van der Waals surface area contributed by atoms with Crippen molar-refractivity contribution in [2.75, 3.05) is 37.5 Å². The maximum Gasteiger partial charge on any atom is 0.265 e. The molecule has 0 aliphatic heterocycles. The summed E-state index contributed by atoms with van der Waals surface area (Å²) in [4.78, 5) is 12.8. The molecule has 0 radical (unpaired) electrons. The van der Waals surface area contributed by atoms with Crippen LogP contribution in [0.25, 0.3) is 0 Å². The highest BCUT2D eigenvalue weighted by Crippen LogP contribution is 2.37. The smallest absolute Gasteiger partial charge is 0.265 e. The normalized spacial score (nSPS) is 11.0. The van der Waals surface area contributed by atoms with Crippen molar-refractivity contribution in [3.8, 4) is 17.2 Å². The van der Waals surface area contributed by atoms with Crippen LogP contribution in [0, 0.1) is 0 Å². The Morgan fingerprint density at radius 1 is 0.853 bits per heavy atom. The first kappa shape index (κ1) is 25.5. The maximum absolute atomic E-state index is 13.8. The molecule has 180 valence electrons. The van der Waals surface area contributed by atoms with E-state index in [1.807, 2.05) is 0 Å². The third-order valence-corrected chi connectivity index (χ3v) is 6.97. The number of amides is 1. The zero-order valence-corrected chi connectivity index (χ0v) is 20.9. The minimum atomic E-state index is -4.28. The third kappa shape index (κ3) is 5.67. The summed E-state index contributed by atoms with van der Waals surface area (Å²) in [5.41, 5.74) is 0.505. The van der Waals surface area contributed by atoms with Gasteiger partial charge in [0, 0.05) is 21.8 Å². The molecule has 0 bridgehead atoms. The second-order valence-corrected chi connectivity index (χ2v) is 9.64. The van der Waals surface area contributed by atoms with Crippen LogP contribution in [-0.2, 0) is 14.8 Å². The van der Waals surface area contributed by atoms with Crippen LogP contribution in [0.15, 0.2) is 65.6 Å². The van der Waals surface area contributed by atoms with Gasteiger partial charge in [0.05, 0.1) is 31.9 Å². The number of hydrogen-bond donors (Lipinski definition) is 1. The summed E-state index contributed by atoms with van der Waals surface area (Å²) < 4.78 is 44.2. The quantitative estimate of drug-likeness (QED) is 0.429. The lowest BCUT2D eigenvalue weighted by Crippen LogP contribution is -2.38. The van der Waals surface area contributed by atoms with E-state index in [4.69, 9.17) is 37.4 Å². The Balaban J connectivity index is 2.08. The van der Waals surface area contributed by atoms with Gasteiger partial charge in [-0.15, -0.1) is 0 Å². The summed E-state index contributed by atoms with van der Waals surface area (Å²) in [6, 6.07) is 15.1. The van der Waals surface area contributed by atoms with Crippen LogP contribution >= 0.6 is 23.2 Å². The molecular formula is C23H22Cl2N2O6S. The van der Waals surface area contributed by atoms with Gasteiger partial charge in [-0.25, -0.2) is 8.42 Å². The molecule has 0 saturated heterocycles. The van der Waals surface area contributed by atoms with Crippen LogP contribution in [0.3, 0.4) is 0 Å². The number of benzene rings is 3. The molecule has 1 N–H and O–H groups in total. The summed E-state index contributed by atoms with van der Waals surface area (Å²) in [7, 11) is -0.0623. The molecular weight excluding hydrogens is 503 g/mol. The predicted octanol–water partition coefficient (Wildman–Crippen LogP) is 4.85. The van der Waals surface area contributed by atoms with Crippen LogP contribution in [0.4, 0.5) is 11.4 Å². The summed E-state index contributed by atoms with van der Waals surface area (Å²) >= 11 is 12.1. The number of carbonyl (C=O) groups excluding carboxylic acids is 1. The van der Waals surface area contributed by atoms with Crippen molar-refractivity contribution in [3.05, 3.63) is 70.7 Å². The van der Waals surface area contributed by atoms with Gasteiger partial charge < -0.3 is 19.5 Å². The Hall–Kier alpha value is -3.14. The van der Waals surface area contributed by atoms with Gasteiger partial charge in [-0.05, 0) is 48.5 Å². The van der Waals surface area contributed by atoms with E-state index in [2.05, 4.69) is 5.32 Å². The Morgan fingerprint density at radius 2 is 1.50 bits per heavy atom. The van der Waals surface area contributed by atoms with E-state index in [9.17, 15) is 13.2 Å². The Labute approximate surface area is 208 Å². The minimum absolute atomic E-state index is 0.0889. The van der Waals surface area contributed by atoms with Crippen molar-refractivity contribution >= 4 is 50.5 Å². The topological polar surface area (TPSA) is 94.2 Å². The Kier molecular flexibility index (Phi) is 8.14. The summed E-state index contributed by atoms with van der Waals surface area (Å²) in [6.45, 7) is -0.570. The SMILES string of the molecule is COc1ccc(S(=O)(=O)N(CC(=O)Nc2cccc(Cl)c2)c2cc(Cl)ccc2OC)cc1OC. The molecule has 0 unspecified atom stereocenters. The first-order chi connectivity index (χ1) is 16.2. The van der Waals surface area contributed by atoms with Crippen molar-refractivity contribution in [3.63, 3.8) is 0 Å². The van der Waals surface area contributed by atoms with Gasteiger partial charge in [-0.1, -0.05) is 29.3 Å². The monoisotopic (exact) mass is 524 g/mol. The predicted molar refractivity (Wildman–Crippen MR) is 132 cm³/mol. The molecule has 0 aromatic heterocycles. The lowest BCUT2D eigenvalue weighted by atomic mass is 10.3. The molecule has 3 aromatic carbocycles. The lowest BCUT2D eigenvalue weighted by Gasteiger charge is -2.26. The molecule has 8 nitrogen and oxygen atoms in total. The van der Waals surface area contributed by atoms with E-state index in [1.165, 1.54) is 51.7 Å². The second-order valence-electron chi connectivity index (χ2n) is 6.90. The van der Waals surface area contributed by atoms with E-state index in [-0.39, 0.29) is 27.1 Å². The molecule has 0 fully saturated rings. The maximum atomic E-state index is 13.8. The molecule has 3 rings (SSSR count). The van der Waals surface area contributed by atoms with E-state index >= 15 is 0 Å². The van der Waals surface area contributed by atoms with Crippen molar-refractivity contribution in [2.24, 2.45) is 0 Å². The van der Waals surface area contributed by atoms with Gasteiger partial charge in [0.15, 0.2) is 11.5 Å². The third-order valence-electron chi connectivity index (χ3n) is 4.75. The number of hydrogen-bond acceptors (Lipinski definition) is 6. The zero-order chi connectivity index (χ0) is 24.9. The molecule has 0 spiro atoms. The fourth-order valence-electron chi connectivity index (χ4n) is 3.16.